The summed E-state index contributed by atoms with van der Waals surface area (Å²) in [7, 11) is 1.49. The number of ether oxygens (including phenoxy) is 1. The molecular formula is C21H24N2O2. The maximum absolute atomic E-state index is 12.7. The van der Waals surface area contributed by atoms with Gasteiger partial charge in [0.05, 0.1) is 18.7 Å². The van der Waals surface area contributed by atoms with Gasteiger partial charge in [-0.25, -0.2) is 4.79 Å². The SMILES string of the molecule is CC[C@]12C=C(C(=O)OC)n3c4c(c5ccccc53)CCN(CCC1)[C@H]42. The number of rotatable bonds is 2. The van der Waals surface area contributed by atoms with Crippen LogP contribution in [0.3, 0.4) is 0 Å². The first-order chi connectivity index (χ1) is 12.2. The van der Waals surface area contributed by atoms with E-state index >= 15 is 0 Å². The Labute approximate surface area is 148 Å². The van der Waals surface area contributed by atoms with Gasteiger partial charge in [-0.15, -0.1) is 0 Å². The Hall–Kier alpha value is -2.07. The van der Waals surface area contributed by atoms with E-state index in [1.54, 1.807) is 0 Å². The number of hydrogen-bond donors (Lipinski definition) is 0. The van der Waals surface area contributed by atoms with Gasteiger partial charge in [-0.1, -0.05) is 25.1 Å². The lowest BCUT2D eigenvalue weighted by Crippen LogP contribution is -2.51. The first-order valence-corrected chi connectivity index (χ1v) is 9.38. The van der Waals surface area contributed by atoms with Crippen LogP contribution in [0.25, 0.3) is 16.6 Å². The number of aromatic nitrogens is 1. The number of carbonyl (C=O) groups is 1. The van der Waals surface area contributed by atoms with Gasteiger partial charge in [0.15, 0.2) is 0 Å². The molecule has 130 valence electrons. The van der Waals surface area contributed by atoms with Gasteiger partial charge in [-0.2, -0.15) is 0 Å². The summed E-state index contributed by atoms with van der Waals surface area (Å²) in [5, 5.41) is 1.30. The van der Waals surface area contributed by atoms with Crippen LogP contribution in [-0.4, -0.2) is 35.6 Å². The molecule has 4 heterocycles. The van der Waals surface area contributed by atoms with E-state index in [1.165, 1.54) is 30.2 Å². The Balaban J connectivity index is 1.89. The van der Waals surface area contributed by atoms with E-state index in [0.717, 1.165) is 37.9 Å². The van der Waals surface area contributed by atoms with Gasteiger partial charge in [-0.05, 0) is 49.9 Å². The Kier molecular flexibility index (Phi) is 3.17. The molecule has 2 atom stereocenters. The van der Waals surface area contributed by atoms with Gasteiger partial charge in [0.25, 0.3) is 0 Å². The second-order valence-corrected chi connectivity index (χ2v) is 7.62. The fourth-order valence-corrected chi connectivity index (χ4v) is 5.53. The predicted molar refractivity (Wildman–Crippen MR) is 98.2 cm³/mol. The van der Waals surface area contributed by atoms with E-state index < -0.39 is 0 Å². The zero-order chi connectivity index (χ0) is 17.2. The average Bonchev–Trinajstić information content (AvgIpc) is 3.01. The average molecular weight is 336 g/mol. The van der Waals surface area contributed by atoms with E-state index in [9.17, 15) is 4.79 Å². The molecule has 0 saturated carbocycles. The number of fused-ring (bicyclic) bond motifs is 3. The van der Waals surface area contributed by atoms with Crippen molar-refractivity contribution < 1.29 is 9.53 Å². The highest BCUT2D eigenvalue weighted by Gasteiger charge is 2.51. The van der Waals surface area contributed by atoms with E-state index in [2.05, 4.69) is 46.7 Å². The first kappa shape index (κ1) is 15.2. The van der Waals surface area contributed by atoms with Gasteiger partial charge < -0.3 is 9.30 Å². The van der Waals surface area contributed by atoms with Crippen LogP contribution in [0.2, 0.25) is 0 Å². The van der Waals surface area contributed by atoms with Crippen molar-refractivity contribution in [1.82, 2.24) is 9.47 Å². The van der Waals surface area contributed by atoms with E-state index in [4.69, 9.17) is 4.74 Å². The zero-order valence-electron chi connectivity index (χ0n) is 14.9. The monoisotopic (exact) mass is 336 g/mol. The predicted octanol–water partition coefficient (Wildman–Crippen LogP) is 3.76. The third-order valence-electron chi connectivity index (χ3n) is 6.64. The second kappa shape index (κ2) is 5.21. The summed E-state index contributed by atoms with van der Waals surface area (Å²) in [4.78, 5) is 15.3. The minimum Gasteiger partial charge on any atom is -0.464 e. The van der Waals surface area contributed by atoms with E-state index in [0.29, 0.717) is 11.7 Å². The molecule has 25 heavy (non-hydrogen) atoms. The molecular weight excluding hydrogens is 312 g/mol. The second-order valence-electron chi connectivity index (χ2n) is 7.62. The lowest BCUT2D eigenvalue weighted by molar-refractivity contribution is -0.134. The Morgan fingerprint density at radius 2 is 2.16 bits per heavy atom. The van der Waals surface area contributed by atoms with Gasteiger partial charge in [0, 0.05) is 23.0 Å². The van der Waals surface area contributed by atoms with Crippen LogP contribution < -0.4 is 0 Å². The van der Waals surface area contributed by atoms with Crippen LogP contribution in [0.15, 0.2) is 30.3 Å². The largest absolute Gasteiger partial charge is 0.464 e. The van der Waals surface area contributed by atoms with Crippen LogP contribution in [0, 0.1) is 5.41 Å². The summed E-state index contributed by atoms with van der Waals surface area (Å²) in [6.07, 6.45) is 6.70. The third-order valence-corrected chi connectivity index (χ3v) is 6.64. The number of piperidine rings is 1. The van der Waals surface area contributed by atoms with Crippen molar-refractivity contribution in [3.63, 3.8) is 0 Å². The number of esters is 1. The molecule has 3 aliphatic heterocycles. The summed E-state index contributed by atoms with van der Waals surface area (Å²) in [6.45, 7) is 4.55. The molecule has 0 spiro atoms. The maximum Gasteiger partial charge on any atom is 0.354 e. The summed E-state index contributed by atoms with van der Waals surface area (Å²) >= 11 is 0. The number of benzene rings is 1. The molecule has 4 heteroatoms. The van der Waals surface area contributed by atoms with Crippen molar-refractivity contribution in [2.75, 3.05) is 20.2 Å². The van der Waals surface area contributed by atoms with Crippen molar-refractivity contribution >= 4 is 22.6 Å². The molecule has 4 nitrogen and oxygen atoms in total. The Morgan fingerprint density at radius 1 is 1.32 bits per heavy atom. The molecule has 0 N–H and O–H groups in total. The summed E-state index contributed by atoms with van der Waals surface area (Å²) in [5.41, 5.74) is 4.67. The fraction of sp³-hybridized carbons (Fsp3) is 0.476. The maximum atomic E-state index is 12.7. The minimum absolute atomic E-state index is 0.0430. The van der Waals surface area contributed by atoms with E-state index in [-0.39, 0.29) is 11.4 Å². The van der Waals surface area contributed by atoms with Crippen molar-refractivity contribution in [2.45, 2.75) is 38.6 Å². The quantitative estimate of drug-likeness (QED) is 0.783. The molecule has 5 rings (SSSR count). The highest BCUT2D eigenvalue weighted by molar-refractivity contribution is 6.13. The zero-order valence-corrected chi connectivity index (χ0v) is 14.9. The summed E-state index contributed by atoms with van der Waals surface area (Å²) in [6, 6.07) is 8.89. The van der Waals surface area contributed by atoms with Crippen molar-refractivity contribution in [3.8, 4) is 0 Å². The number of nitrogens with zero attached hydrogens (tertiary/aromatic N) is 2. The molecule has 0 radical (unpaired) electrons. The fourth-order valence-electron chi connectivity index (χ4n) is 5.53. The number of carbonyl (C=O) groups excluding carboxylic acids is 1. The molecule has 2 aromatic rings. The number of para-hydroxylation sites is 1. The Morgan fingerprint density at radius 3 is 2.96 bits per heavy atom. The van der Waals surface area contributed by atoms with Crippen LogP contribution in [0.5, 0.6) is 0 Å². The highest BCUT2D eigenvalue weighted by atomic mass is 16.5. The number of methoxy groups -OCH3 is 1. The third kappa shape index (κ3) is 1.83. The summed E-state index contributed by atoms with van der Waals surface area (Å²) in [5.74, 6) is -0.225. The number of hydrogen-bond acceptors (Lipinski definition) is 3. The lowest BCUT2D eigenvalue weighted by Gasteiger charge is -2.53. The Bertz CT molecular complexity index is 910. The van der Waals surface area contributed by atoms with Gasteiger partial charge in [0.1, 0.15) is 5.70 Å². The topological polar surface area (TPSA) is 34.5 Å². The summed E-state index contributed by atoms with van der Waals surface area (Å²) < 4.78 is 7.38. The van der Waals surface area contributed by atoms with Gasteiger partial charge in [0.2, 0.25) is 0 Å². The van der Waals surface area contributed by atoms with Gasteiger partial charge >= 0.3 is 5.97 Å². The van der Waals surface area contributed by atoms with Crippen LogP contribution >= 0.6 is 0 Å². The van der Waals surface area contributed by atoms with E-state index in [1.807, 2.05) is 0 Å². The molecule has 1 aromatic heterocycles. The first-order valence-electron chi connectivity index (χ1n) is 9.38. The molecule has 0 aliphatic carbocycles. The molecule has 0 unspecified atom stereocenters. The van der Waals surface area contributed by atoms with Crippen LogP contribution in [0.1, 0.15) is 43.5 Å². The van der Waals surface area contributed by atoms with Crippen molar-refractivity contribution in [3.05, 3.63) is 41.6 Å². The lowest BCUT2D eigenvalue weighted by atomic mass is 9.66. The highest BCUT2D eigenvalue weighted by Crippen LogP contribution is 2.56. The molecule has 3 aliphatic rings. The molecule has 0 amide bonds. The van der Waals surface area contributed by atoms with Crippen LogP contribution in [-0.2, 0) is 16.0 Å². The smallest absolute Gasteiger partial charge is 0.354 e. The molecule has 1 saturated heterocycles. The van der Waals surface area contributed by atoms with Gasteiger partial charge in [-0.3, -0.25) is 4.90 Å². The molecule has 0 bridgehead atoms. The normalized spacial score (nSPS) is 27.8. The van der Waals surface area contributed by atoms with Crippen molar-refractivity contribution in [2.24, 2.45) is 5.41 Å². The standard InChI is InChI=1S/C21H24N2O2/c1-3-21-10-6-11-22-12-9-15-14-7-4-5-8-16(14)23(18(15)19(21)22)17(13-21)20(24)25-2/h4-5,7-8,13,19H,3,6,9-12H2,1-2H3/t19-,21-/m1/s1. The van der Waals surface area contributed by atoms with Crippen molar-refractivity contribution in [1.29, 1.82) is 0 Å². The minimum atomic E-state index is -0.225. The van der Waals surface area contributed by atoms with Crippen LogP contribution in [0.4, 0.5) is 0 Å². The molecule has 1 fully saturated rings. The molecule has 1 aromatic carbocycles.